The van der Waals surface area contributed by atoms with E-state index in [4.69, 9.17) is 9.47 Å². The second-order valence-corrected chi connectivity index (χ2v) is 9.54. The van der Waals surface area contributed by atoms with Gasteiger partial charge in [0.15, 0.2) is 0 Å². The Morgan fingerprint density at radius 1 is 1.24 bits per heavy atom. The molecule has 29 heavy (non-hydrogen) atoms. The number of hydrogen-bond acceptors (Lipinski definition) is 5. The molecule has 3 rings (SSSR count). The van der Waals surface area contributed by atoms with E-state index < -0.39 is 10.0 Å². The number of carbonyl (C=O) groups is 1. The van der Waals surface area contributed by atoms with E-state index in [2.05, 4.69) is 12.2 Å². The Morgan fingerprint density at radius 2 is 1.97 bits per heavy atom. The molecule has 1 saturated heterocycles. The van der Waals surface area contributed by atoms with Gasteiger partial charge in [-0.1, -0.05) is 25.8 Å². The number of hydrogen-bond donors (Lipinski definition) is 1. The smallest absolute Gasteiger partial charge is 0.246 e. The van der Waals surface area contributed by atoms with Crippen LogP contribution in [-0.2, 0) is 19.6 Å². The molecule has 2 aliphatic rings. The van der Waals surface area contributed by atoms with Gasteiger partial charge in [0.25, 0.3) is 0 Å². The third-order valence-electron chi connectivity index (χ3n) is 5.64. The minimum Gasteiger partial charge on any atom is -0.495 e. The molecule has 8 heteroatoms. The van der Waals surface area contributed by atoms with Gasteiger partial charge in [-0.3, -0.25) is 4.79 Å². The monoisotopic (exact) mass is 422 g/mol. The summed E-state index contributed by atoms with van der Waals surface area (Å²) in [5, 5.41) is 3.07. The summed E-state index contributed by atoms with van der Waals surface area (Å²) in [5.41, 5.74) is 0.629. The van der Waals surface area contributed by atoms with E-state index in [0.717, 1.165) is 19.3 Å². The van der Waals surface area contributed by atoms with Gasteiger partial charge < -0.3 is 14.8 Å². The number of nitrogens with zero attached hydrogens (tertiary/aromatic N) is 1. The Balaban J connectivity index is 1.75. The SMILES string of the molecule is COc1ccc(/C=C/C(=O)N[C@H]2CCCC[C@@H]2C)cc1S(=O)(=O)N1CCOCC1. The molecule has 1 aliphatic carbocycles. The lowest BCUT2D eigenvalue weighted by atomic mass is 9.86. The second-order valence-electron chi connectivity index (χ2n) is 7.64. The Morgan fingerprint density at radius 3 is 2.66 bits per heavy atom. The van der Waals surface area contributed by atoms with Crippen molar-refractivity contribution < 1.29 is 22.7 Å². The quantitative estimate of drug-likeness (QED) is 0.712. The van der Waals surface area contributed by atoms with Crippen molar-refractivity contribution in [3.05, 3.63) is 29.8 Å². The van der Waals surface area contributed by atoms with Crippen molar-refractivity contribution in [3.63, 3.8) is 0 Å². The van der Waals surface area contributed by atoms with Crippen molar-refractivity contribution >= 4 is 22.0 Å². The first-order chi connectivity index (χ1) is 13.9. The minimum atomic E-state index is -3.70. The van der Waals surface area contributed by atoms with E-state index in [-0.39, 0.29) is 22.6 Å². The highest BCUT2D eigenvalue weighted by Crippen LogP contribution is 2.29. The molecule has 7 nitrogen and oxygen atoms in total. The van der Waals surface area contributed by atoms with Gasteiger partial charge in [-0.2, -0.15) is 4.31 Å². The standard InChI is InChI=1S/C21H30N2O5S/c1-16-5-3-4-6-18(16)22-21(24)10-8-17-7-9-19(27-2)20(15-17)29(25,26)23-11-13-28-14-12-23/h7-10,15-16,18H,3-6,11-14H2,1-2H3,(H,22,24)/b10-8+/t16-,18-/m0/s1. The number of sulfonamides is 1. The van der Waals surface area contributed by atoms with Crippen molar-refractivity contribution in [2.24, 2.45) is 5.92 Å². The molecule has 0 radical (unpaired) electrons. The van der Waals surface area contributed by atoms with Crippen molar-refractivity contribution in [2.75, 3.05) is 33.4 Å². The van der Waals surface area contributed by atoms with E-state index in [9.17, 15) is 13.2 Å². The molecule has 1 aromatic rings. The van der Waals surface area contributed by atoms with Crippen LogP contribution in [0.25, 0.3) is 6.08 Å². The number of nitrogens with one attached hydrogen (secondary N) is 1. The molecule has 0 spiro atoms. The molecule has 0 aromatic heterocycles. The zero-order valence-electron chi connectivity index (χ0n) is 17.1. The van der Waals surface area contributed by atoms with E-state index in [0.29, 0.717) is 37.8 Å². The molecule has 1 aromatic carbocycles. The van der Waals surface area contributed by atoms with Crippen LogP contribution in [0.4, 0.5) is 0 Å². The lowest BCUT2D eigenvalue weighted by molar-refractivity contribution is -0.117. The highest BCUT2D eigenvalue weighted by Gasteiger charge is 2.29. The molecule has 0 bridgehead atoms. The molecule has 1 N–H and O–H groups in total. The lowest BCUT2D eigenvalue weighted by Crippen LogP contribution is -2.40. The maximum absolute atomic E-state index is 13.0. The van der Waals surface area contributed by atoms with Gasteiger partial charge >= 0.3 is 0 Å². The highest BCUT2D eigenvalue weighted by atomic mass is 32.2. The fourth-order valence-corrected chi connectivity index (χ4v) is 5.46. The van der Waals surface area contributed by atoms with E-state index in [1.54, 1.807) is 24.3 Å². The molecule has 2 atom stereocenters. The molecular formula is C21H30N2O5S. The first-order valence-electron chi connectivity index (χ1n) is 10.2. The molecule has 1 saturated carbocycles. The number of methoxy groups -OCH3 is 1. The maximum atomic E-state index is 13.0. The van der Waals surface area contributed by atoms with Crippen LogP contribution >= 0.6 is 0 Å². The Bertz CT molecular complexity index is 847. The molecule has 0 unspecified atom stereocenters. The molecule has 1 aliphatic heterocycles. The predicted octanol–water partition coefficient (Wildman–Crippen LogP) is 2.42. The first-order valence-corrected chi connectivity index (χ1v) is 11.6. The van der Waals surface area contributed by atoms with Gasteiger partial charge in [0, 0.05) is 25.2 Å². The number of benzene rings is 1. The largest absolute Gasteiger partial charge is 0.495 e. The fraction of sp³-hybridized carbons (Fsp3) is 0.571. The van der Waals surface area contributed by atoms with Gasteiger partial charge in [-0.05, 0) is 42.5 Å². The van der Waals surface area contributed by atoms with Crippen molar-refractivity contribution in [2.45, 2.75) is 43.5 Å². The second kappa shape index (κ2) is 9.73. The van der Waals surface area contributed by atoms with Crippen LogP contribution in [0.2, 0.25) is 0 Å². The normalized spacial score (nSPS) is 23.8. The van der Waals surface area contributed by atoms with Crippen LogP contribution in [0.15, 0.2) is 29.2 Å². The van der Waals surface area contributed by atoms with Crippen molar-refractivity contribution in [1.82, 2.24) is 9.62 Å². The average Bonchev–Trinajstić information content (AvgIpc) is 2.74. The van der Waals surface area contributed by atoms with Gasteiger partial charge in [0.05, 0.1) is 20.3 Å². The van der Waals surface area contributed by atoms with Crippen LogP contribution in [0.3, 0.4) is 0 Å². The summed E-state index contributed by atoms with van der Waals surface area (Å²) in [6.07, 6.45) is 7.60. The highest BCUT2D eigenvalue weighted by molar-refractivity contribution is 7.89. The van der Waals surface area contributed by atoms with Crippen LogP contribution in [0.5, 0.6) is 5.75 Å². The summed E-state index contributed by atoms with van der Waals surface area (Å²) in [7, 11) is -2.26. The lowest BCUT2D eigenvalue weighted by Gasteiger charge is -2.29. The van der Waals surface area contributed by atoms with Crippen molar-refractivity contribution in [3.8, 4) is 5.75 Å². The number of morpholine rings is 1. The summed E-state index contributed by atoms with van der Waals surface area (Å²) >= 11 is 0. The molecule has 1 amide bonds. The van der Waals surface area contributed by atoms with Gasteiger partial charge in [-0.15, -0.1) is 0 Å². The number of amides is 1. The van der Waals surface area contributed by atoms with E-state index in [1.807, 2.05) is 0 Å². The third-order valence-corrected chi connectivity index (χ3v) is 7.56. The number of carbonyl (C=O) groups excluding carboxylic acids is 1. The Kier molecular flexibility index (Phi) is 7.32. The van der Waals surface area contributed by atoms with E-state index in [1.165, 1.54) is 23.9 Å². The summed E-state index contributed by atoms with van der Waals surface area (Å²) < 4.78 is 38.0. The molecule has 2 fully saturated rings. The summed E-state index contributed by atoms with van der Waals surface area (Å²) in [5.74, 6) is 0.610. The fourth-order valence-electron chi connectivity index (χ4n) is 3.86. The van der Waals surface area contributed by atoms with E-state index >= 15 is 0 Å². The number of ether oxygens (including phenoxy) is 2. The zero-order valence-corrected chi connectivity index (χ0v) is 17.9. The summed E-state index contributed by atoms with van der Waals surface area (Å²) in [4.78, 5) is 12.4. The van der Waals surface area contributed by atoms with Gasteiger partial charge in [-0.25, -0.2) is 8.42 Å². The zero-order chi connectivity index (χ0) is 20.9. The topological polar surface area (TPSA) is 84.9 Å². The molecule has 1 heterocycles. The van der Waals surface area contributed by atoms with Crippen molar-refractivity contribution in [1.29, 1.82) is 0 Å². The van der Waals surface area contributed by atoms with Crippen LogP contribution in [0, 0.1) is 5.92 Å². The average molecular weight is 423 g/mol. The number of rotatable bonds is 6. The minimum absolute atomic E-state index is 0.102. The van der Waals surface area contributed by atoms with Gasteiger partial charge in [0.1, 0.15) is 10.6 Å². The Labute approximate surface area is 173 Å². The summed E-state index contributed by atoms with van der Waals surface area (Å²) in [6.45, 7) is 3.54. The van der Waals surface area contributed by atoms with Crippen LogP contribution < -0.4 is 10.1 Å². The Hall–Kier alpha value is -1.90. The van der Waals surface area contributed by atoms with Gasteiger partial charge in [0.2, 0.25) is 15.9 Å². The third kappa shape index (κ3) is 5.38. The first kappa shape index (κ1) is 21.8. The van der Waals surface area contributed by atoms with Crippen LogP contribution in [0.1, 0.15) is 38.2 Å². The maximum Gasteiger partial charge on any atom is 0.246 e. The molecule has 160 valence electrons. The van der Waals surface area contributed by atoms with Crippen LogP contribution in [-0.4, -0.2) is 58.1 Å². The predicted molar refractivity (Wildman–Crippen MR) is 111 cm³/mol. The summed E-state index contributed by atoms with van der Waals surface area (Å²) in [6, 6.07) is 5.11. The molecular weight excluding hydrogens is 392 g/mol.